The van der Waals surface area contributed by atoms with E-state index in [1.54, 1.807) is 0 Å². The monoisotopic (exact) mass is 457 g/mol. The number of imidazole rings is 1. The number of amides is 4. The Bertz CT molecular complexity index is 814. The number of nitrogens with one attached hydrogen (secondary N) is 4. The number of aromatic amines is 1. The van der Waals surface area contributed by atoms with E-state index in [0.717, 1.165) is 0 Å². The van der Waals surface area contributed by atoms with Gasteiger partial charge in [0.1, 0.15) is 24.2 Å². The number of carbonyl (C=O) groups is 5. The average Bonchev–Trinajstić information content (AvgIpc) is 3.22. The van der Waals surface area contributed by atoms with Gasteiger partial charge in [0, 0.05) is 18.3 Å². The van der Waals surface area contributed by atoms with Crippen LogP contribution in [0.1, 0.15) is 19.0 Å². The molecular formula is C17H27N7O8. The maximum Gasteiger partial charge on any atom is 0.326 e. The molecule has 1 aromatic heterocycles. The molecule has 0 saturated heterocycles. The van der Waals surface area contributed by atoms with E-state index in [4.69, 9.17) is 11.5 Å². The second-order valence-corrected chi connectivity index (χ2v) is 6.92. The number of aromatic nitrogens is 2. The molecule has 0 aliphatic rings. The zero-order valence-corrected chi connectivity index (χ0v) is 17.1. The molecule has 5 unspecified atom stereocenters. The Hall–Kier alpha value is -3.56. The van der Waals surface area contributed by atoms with Crippen molar-refractivity contribution in [1.82, 2.24) is 25.9 Å². The number of hydrogen-bond donors (Lipinski definition) is 9. The first-order chi connectivity index (χ1) is 15.0. The molecule has 0 spiro atoms. The number of nitrogens with zero attached hydrogens (tertiary/aromatic N) is 1. The molecule has 0 radical (unpaired) electrons. The van der Waals surface area contributed by atoms with Gasteiger partial charge in [-0.3, -0.25) is 19.2 Å². The molecule has 0 saturated carbocycles. The standard InChI is InChI=1S/C17H27N7O8/c1-7(26)13(19)16(30)24-11(5-25)15(29)22-9(2-8-4-20-6-21-8)14(28)23-10(17(31)32)3-12(18)27/h4,6-7,9-11,13,25-26H,2-3,5,19H2,1H3,(H2,18,27)(H,20,21)(H,22,29)(H,23,28)(H,24,30)(H,31,32). The molecule has 0 aliphatic carbocycles. The number of aliphatic carboxylic acids is 1. The smallest absolute Gasteiger partial charge is 0.326 e. The first-order valence-corrected chi connectivity index (χ1v) is 9.40. The van der Waals surface area contributed by atoms with Crippen LogP contribution >= 0.6 is 0 Å². The van der Waals surface area contributed by atoms with Gasteiger partial charge in [-0.25, -0.2) is 9.78 Å². The van der Waals surface area contributed by atoms with Gasteiger partial charge in [-0.15, -0.1) is 0 Å². The summed E-state index contributed by atoms with van der Waals surface area (Å²) < 4.78 is 0. The molecule has 1 heterocycles. The number of aliphatic hydroxyl groups excluding tert-OH is 2. The lowest BCUT2D eigenvalue weighted by atomic mass is 10.1. The SMILES string of the molecule is CC(O)C(N)C(=O)NC(CO)C(=O)NC(Cc1cnc[nH]1)C(=O)NC(CC(N)=O)C(=O)O. The highest BCUT2D eigenvalue weighted by molar-refractivity contribution is 5.95. The Balaban J connectivity index is 2.98. The van der Waals surface area contributed by atoms with Gasteiger partial charge in [-0.2, -0.15) is 0 Å². The molecule has 15 nitrogen and oxygen atoms in total. The van der Waals surface area contributed by atoms with Crippen LogP contribution in [0.25, 0.3) is 0 Å². The third kappa shape index (κ3) is 8.29. The van der Waals surface area contributed by atoms with Crippen molar-refractivity contribution in [2.24, 2.45) is 11.5 Å². The fraction of sp³-hybridized carbons (Fsp3) is 0.529. The van der Waals surface area contributed by atoms with E-state index in [1.165, 1.54) is 19.4 Å². The van der Waals surface area contributed by atoms with Crippen molar-refractivity contribution in [2.45, 2.75) is 50.0 Å². The van der Waals surface area contributed by atoms with Crippen molar-refractivity contribution >= 4 is 29.6 Å². The molecule has 0 aromatic carbocycles. The van der Waals surface area contributed by atoms with Crippen LogP contribution in [0.4, 0.5) is 0 Å². The number of carboxylic acids is 1. The number of nitrogens with two attached hydrogens (primary N) is 2. The summed E-state index contributed by atoms with van der Waals surface area (Å²) in [5.74, 6) is -5.36. The zero-order chi connectivity index (χ0) is 24.4. The molecule has 4 amide bonds. The maximum absolute atomic E-state index is 12.7. The number of rotatable bonds is 13. The minimum atomic E-state index is -1.64. The van der Waals surface area contributed by atoms with Gasteiger partial charge in [-0.05, 0) is 6.92 Å². The normalized spacial score (nSPS) is 15.5. The van der Waals surface area contributed by atoms with Crippen LogP contribution in [0.15, 0.2) is 12.5 Å². The Labute approximate surface area is 181 Å². The highest BCUT2D eigenvalue weighted by Crippen LogP contribution is 2.02. The Morgan fingerprint density at radius 1 is 1.06 bits per heavy atom. The predicted octanol–water partition coefficient (Wildman–Crippen LogP) is -4.93. The van der Waals surface area contributed by atoms with Crippen molar-refractivity contribution in [3.8, 4) is 0 Å². The number of aliphatic hydroxyl groups is 2. The molecule has 1 rings (SSSR count). The number of hydrogen-bond acceptors (Lipinski definition) is 9. The van der Waals surface area contributed by atoms with Gasteiger partial charge in [0.15, 0.2) is 0 Å². The van der Waals surface area contributed by atoms with Crippen molar-refractivity contribution in [2.75, 3.05) is 6.61 Å². The average molecular weight is 457 g/mol. The van der Waals surface area contributed by atoms with Crippen molar-refractivity contribution in [1.29, 1.82) is 0 Å². The van der Waals surface area contributed by atoms with Gasteiger partial charge in [0.2, 0.25) is 23.6 Å². The van der Waals surface area contributed by atoms with Crippen LogP contribution in [0.3, 0.4) is 0 Å². The number of primary amides is 1. The lowest BCUT2D eigenvalue weighted by Gasteiger charge is -2.24. The quantitative estimate of drug-likeness (QED) is 0.136. The van der Waals surface area contributed by atoms with Gasteiger partial charge < -0.3 is 47.7 Å². The van der Waals surface area contributed by atoms with Crippen molar-refractivity contribution in [3.05, 3.63) is 18.2 Å². The van der Waals surface area contributed by atoms with Crippen LogP contribution in [-0.4, -0.2) is 91.8 Å². The number of H-pyrrole nitrogens is 1. The largest absolute Gasteiger partial charge is 0.480 e. The van der Waals surface area contributed by atoms with E-state index in [1.807, 2.05) is 0 Å². The summed E-state index contributed by atoms with van der Waals surface area (Å²) in [5.41, 5.74) is 10.9. The fourth-order valence-electron chi connectivity index (χ4n) is 2.45. The number of carboxylic acid groups (broad SMARTS) is 1. The lowest BCUT2D eigenvalue weighted by molar-refractivity contribution is -0.143. The summed E-state index contributed by atoms with van der Waals surface area (Å²) in [6, 6.07) is -5.91. The van der Waals surface area contributed by atoms with Gasteiger partial charge >= 0.3 is 5.97 Å². The van der Waals surface area contributed by atoms with E-state index in [2.05, 4.69) is 25.9 Å². The molecule has 32 heavy (non-hydrogen) atoms. The molecule has 0 aliphatic heterocycles. The van der Waals surface area contributed by atoms with Crippen molar-refractivity contribution < 1.29 is 39.3 Å². The van der Waals surface area contributed by atoms with Crippen LogP contribution in [0, 0.1) is 0 Å². The minimum absolute atomic E-state index is 0.167. The van der Waals surface area contributed by atoms with E-state index < -0.39 is 72.9 Å². The lowest BCUT2D eigenvalue weighted by Crippen LogP contribution is -2.59. The summed E-state index contributed by atoms with van der Waals surface area (Å²) >= 11 is 0. The molecule has 1 aromatic rings. The van der Waals surface area contributed by atoms with Crippen LogP contribution < -0.4 is 27.4 Å². The molecular weight excluding hydrogens is 430 g/mol. The third-order valence-electron chi connectivity index (χ3n) is 4.27. The molecule has 0 bridgehead atoms. The fourth-order valence-corrected chi connectivity index (χ4v) is 2.45. The second kappa shape index (κ2) is 12.3. The molecule has 5 atom stereocenters. The van der Waals surface area contributed by atoms with E-state index in [9.17, 15) is 39.3 Å². The molecule has 0 fully saturated rings. The Morgan fingerprint density at radius 2 is 1.62 bits per heavy atom. The van der Waals surface area contributed by atoms with Gasteiger partial charge in [0.05, 0.1) is 25.5 Å². The van der Waals surface area contributed by atoms with E-state index in [-0.39, 0.29) is 6.42 Å². The highest BCUT2D eigenvalue weighted by Gasteiger charge is 2.31. The van der Waals surface area contributed by atoms with E-state index in [0.29, 0.717) is 5.69 Å². The molecule has 15 heteroatoms. The predicted molar refractivity (Wildman–Crippen MR) is 106 cm³/mol. The van der Waals surface area contributed by atoms with Gasteiger partial charge in [0.25, 0.3) is 0 Å². The summed E-state index contributed by atoms with van der Waals surface area (Å²) in [5, 5.41) is 34.6. The van der Waals surface area contributed by atoms with Gasteiger partial charge in [-0.1, -0.05) is 0 Å². The highest BCUT2D eigenvalue weighted by atomic mass is 16.4. The topological polar surface area (TPSA) is 263 Å². The summed E-state index contributed by atoms with van der Waals surface area (Å²) in [6.45, 7) is 0.399. The summed E-state index contributed by atoms with van der Waals surface area (Å²) in [4.78, 5) is 66.0. The Kier molecular flexibility index (Phi) is 10.2. The molecule has 11 N–H and O–H groups in total. The van der Waals surface area contributed by atoms with Crippen LogP contribution in [-0.2, 0) is 30.4 Å². The second-order valence-electron chi connectivity index (χ2n) is 6.92. The number of carbonyl (C=O) groups excluding carboxylic acids is 4. The maximum atomic E-state index is 12.7. The molecule has 178 valence electrons. The van der Waals surface area contributed by atoms with E-state index >= 15 is 0 Å². The van der Waals surface area contributed by atoms with Crippen LogP contribution in [0.2, 0.25) is 0 Å². The first-order valence-electron chi connectivity index (χ1n) is 9.40. The Morgan fingerprint density at radius 3 is 2.09 bits per heavy atom. The summed E-state index contributed by atoms with van der Waals surface area (Å²) in [7, 11) is 0. The zero-order valence-electron chi connectivity index (χ0n) is 17.1. The minimum Gasteiger partial charge on any atom is -0.480 e. The summed E-state index contributed by atoms with van der Waals surface area (Å²) in [6.07, 6.45) is 0.595. The van der Waals surface area contributed by atoms with Crippen LogP contribution in [0.5, 0.6) is 0 Å². The first kappa shape index (κ1) is 26.5. The third-order valence-corrected chi connectivity index (χ3v) is 4.27. The van der Waals surface area contributed by atoms with Crippen molar-refractivity contribution in [3.63, 3.8) is 0 Å².